The van der Waals surface area contributed by atoms with E-state index in [1.807, 2.05) is 22.4 Å². The van der Waals surface area contributed by atoms with Gasteiger partial charge in [0.25, 0.3) is 0 Å². The molecule has 2 N–H and O–H groups in total. The Morgan fingerprint density at radius 1 is 1.67 bits per heavy atom. The van der Waals surface area contributed by atoms with Gasteiger partial charge in [-0.2, -0.15) is 0 Å². The molecule has 5 heteroatoms. The number of morpholine rings is 1. The zero-order chi connectivity index (χ0) is 10.7. The number of thiophene rings is 1. The molecular weight excluding hydrogens is 212 g/mol. The van der Waals surface area contributed by atoms with Crippen LogP contribution in [0.5, 0.6) is 0 Å². The first-order valence-corrected chi connectivity index (χ1v) is 5.79. The van der Waals surface area contributed by atoms with Crippen molar-refractivity contribution >= 4 is 17.2 Å². The Balaban J connectivity index is 2.06. The van der Waals surface area contributed by atoms with Crippen LogP contribution in [0.25, 0.3) is 0 Å². The Kier molecular flexibility index (Phi) is 3.35. The number of amides is 1. The van der Waals surface area contributed by atoms with Gasteiger partial charge in [-0.05, 0) is 11.4 Å². The van der Waals surface area contributed by atoms with Crippen molar-refractivity contribution in [1.82, 2.24) is 4.90 Å². The molecule has 1 amide bonds. The molecule has 0 aromatic carbocycles. The third-order valence-corrected chi connectivity index (χ3v) is 3.34. The third kappa shape index (κ3) is 2.37. The van der Waals surface area contributed by atoms with Crippen LogP contribution in [0.1, 0.15) is 4.88 Å². The van der Waals surface area contributed by atoms with Crippen molar-refractivity contribution in [1.29, 1.82) is 0 Å². The molecule has 1 aliphatic heterocycles. The Bertz CT molecular complexity index is 326. The first-order chi connectivity index (χ1) is 7.31. The molecule has 0 aliphatic carbocycles. The van der Waals surface area contributed by atoms with Gasteiger partial charge in [0, 0.05) is 11.4 Å². The van der Waals surface area contributed by atoms with Crippen molar-refractivity contribution in [3.63, 3.8) is 0 Å². The number of nitrogens with two attached hydrogens (primary N) is 1. The topological polar surface area (TPSA) is 55.6 Å². The summed E-state index contributed by atoms with van der Waals surface area (Å²) >= 11 is 1.66. The average Bonchev–Trinajstić information content (AvgIpc) is 2.74. The van der Waals surface area contributed by atoms with Gasteiger partial charge in [0.1, 0.15) is 6.61 Å². The quantitative estimate of drug-likeness (QED) is 0.813. The maximum atomic E-state index is 11.6. The lowest BCUT2D eigenvalue weighted by atomic mass is 10.2. The number of hydrogen-bond donors (Lipinski definition) is 1. The lowest BCUT2D eigenvalue weighted by molar-refractivity contribution is -0.148. The maximum Gasteiger partial charge on any atom is 0.249 e. The molecule has 1 atom stereocenters. The minimum Gasteiger partial charge on any atom is -0.369 e. The van der Waals surface area contributed by atoms with Gasteiger partial charge in [-0.25, -0.2) is 0 Å². The van der Waals surface area contributed by atoms with Gasteiger partial charge in [0.15, 0.2) is 0 Å². The van der Waals surface area contributed by atoms with E-state index >= 15 is 0 Å². The standard InChI is InChI=1S/C10H14N2O2S/c11-4-8-6-14-7-10(13)12(8)5-9-2-1-3-15-9/h1-3,8H,4-7,11H2. The number of rotatable bonds is 3. The molecule has 2 rings (SSSR count). The summed E-state index contributed by atoms with van der Waals surface area (Å²) in [5.74, 6) is 0.0325. The molecule has 1 unspecified atom stereocenters. The van der Waals surface area contributed by atoms with Crippen LogP contribution in [-0.4, -0.2) is 36.6 Å². The monoisotopic (exact) mass is 226 g/mol. The highest BCUT2D eigenvalue weighted by atomic mass is 32.1. The Morgan fingerprint density at radius 3 is 3.20 bits per heavy atom. The second kappa shape index (κ2) is 4.74. The molecule has 1 saturated heterocycles. The zero-order valence-corrected chi connectivity index (χ0v) is 9.20. The van der Waals surface area contributed by atoms with Crippen LogP contribution in [0.4, 0.5) is 0 Å². The predicted molar refractivity (Wildman–Crippen MR) is 58.5 cm³/mol. The van der Waals surface area contributed by atoms with Crippen LogP contribution in [0, 0.1) is 0 Å². The number of ether oxygens (including phenoxy) is 1. The molecule has 0 spiro atoms. The molecule has 1 fully saturated rings. The lowest BCUT2D eigenvalue weighted by Crippen LogP contribution is -2.51. The second-order valence-electron chi connectivity index (χ2n) is 3.51. The largest absolute Gasteiger partial charge is 0.369 e. The van der Waals surface area contributed by atoms with Gasteiger partial charge in [-0.1, -0.05) is 6.07 Å². The molecule has 1 aromatic rings. The summed E-state index contributed by atoms with van der Waals surface area (Å²) < 4.78 is 5.17. The number of carbonyl (C=O) groups is 1. The van der Waals surface area contributed by atoms with E-state index in [1.54, 1.807) is 11.3 Å². The Hall–Kier alpha value is -0.910. The number of hydrogen-bond acceptors (Lipinski definition) is 4. The summed E-state index contributed by atoms with van der Waals surface area (Å²) in [4.78, 5) is 14.6. The molecule has 0 radical (unpaired) electrons. The highest BCUT2D eigenvalue weighted by Crippen LogP contribution is 2.16. The van der Waals surface area contributed by atoms with Gasteiger partial charge < -0.3 is 15.4 Å². The smallest absolute Gasteiger partial charge is 0.249 e. The minimum atomic E-state index is 0.0216. The zero-order valence-electron chi connectivity index (χ0n) is 8.39. The van der Waals surface area contributed by atoms with Crippen molar-refractivity contribution in [2.75, 3.05) is 19.8 Å². The van der Waals surface area contributed by atoms with Crippen LogP contribution in [0.15, 0.2) is 17.5 Å². The van der Waals surface area contributed by atoms with E-state index < -0.39 is 0 Å². The van der Waals surface area contributed by atoms with Crippen molar-refractivity contribution in [3.05, 3.63) is 22.4 Å². The second-order valence-corrected chi connectivity index (χ2v) is 4.54. The fourth-order valence-electron chi connectivity index (χ4n) is 1.64. The predicted octanol–water partition coefficient (Wildman–Crippen LogP) is 0.434. The summed E-state index contributed by atoms with van der Waals surface area (Å²) in [7, 11) is 0. The van der Waals surface area contributed by atoms with E-state index in [2.05, 4.69) is 0 Å². The molecule has 4 nitrogen and oxygen atoms in total. The first kappa shape index (κ1) is 10.6. The fraction of sp³-hybridized carbons (Fsp3) is 0.500. The van der Waals surface area contributed by atoms with Crippen LogP contribution in [-0.2, 0) is 16.1 Å². The van der Waals surface area contributed by atoms with Crippen LogP contribution >= 0.6 is 11.3 Å². The van der Waals surface area contributed by atoms with E-state index in [4.69, 9.17) is 10.5 Å². The van der Waals surface area contributed by atoms with E-state index in [-0.39, 0.29) is 18.6 Å². The van der Waals surface area contributed by atoms with Gasteiger partial charge in [-0.15, -0.1) is 11.3 Å². The lowest BCUT2D eigenvalue weighted by Gasteiger charge is -2.34. The van der Waals surface area contributed by atoms with E-state index in [0.29, 0.717) is 19.7 Å². The van der Waals surface area contributed by atoms with Crippen LogP contribution in [0.2, 0.25) is 0 Å². The van der Waals surface area contributed by atoms with Crippen molar-refractivity contribution in [2.45, 2.75) is 12.6 Å². The first-order valence-electron chi connectivity index (χ1n) is 4.91. The van der Waals surface area contributed by atoms with Gasteiger partial charge in [-0.3, -0.25) is 4.79 Å². The van der Waals surface area contributed by atoms with Crippen LogP contribution < -0.4 is 5.73 Å². The summed E-state index contributed by atoms with van der Waals surface area (Å²) in [5.41, 5.74) is 5.61. The van der Waals surface area contributed by atoms with Crippen molar-refractivity contribution in [2.24, 2.45) is 5.73 Å². The molecule has 82 valence electrons. The molecule has 2 heterocycles. The van der Waals surface area contributed by atoms with Gasteiger partial charge in [0.05, 0.1) is 19.2 Å². The average molecular weight is 226 g/mol. The summed E-state index contributed by atoms with van der Waals surface area (Å²) in [6, 6.07) is 4.04. The number of carbonyl (C=O) groups excluding carboxylic acids is 1. The molecule has 1 aliphatic rings. The molecule has 0 bridgehead atoms. The highest BCUT2D eigenvalue weighted by molar-refractivity contribution is 7.09. The van der Waals surface area contributed by atoms with Gasteiger partial charge in [0.2, 0.25) is 5.91 Å². The third-order valence-electron chi connectivity index (χ3n) is 2.48. The van der Waals surface area contributed by atoms with E-state index in [0.717, 1.165) is 0 Å². The van der Waals surface area contributed by atoms with Crippen molar-refractivity contribution < 1.29 is 9.53 Å². The van der Waals surface area contributed by atoms with E-state index in [1.165, 1.54) is 4.88 Å². The fourth-order valence-corrected chi connectivity index (χ4v) is 2.34. The normalized spacial score (nSPS) is 22.1. The highest BCUT2D eigenvalue weighted by Gasteiger charge is 2.27. The van der Waals surface area contributed by atoms with Crippen molar-refractivity contribution in [3.8, 4) is 0 Å². The maximum absolute atomic E-state index is 11.6. The summed E-state index contributed by atoms with van der Waals surface area (Å²) in [6.45, 7) is 1.84. The Labute approximate surface area is 92.6 Å². The molecular formula is C10H14N2O2S. The summed E-state index contributed by atoms with van der Waals surface area (Å²) in [6.07, 6.45) is 0. The molecule has 0 saturated carbocycles. The Morgan fingerprint density at radius 2 is 2.53 bits per heavy atom. The minimum absolute atomic E-state index is 0.0216. The molecule has 1 aromatic heterocycles. The molecule has 15 heavy (non-hydrogen) atoms. The van der Waals surface area contributed by atoms with Gasteiger partial charge >= 0.3 is 0 Å². The van der Waals surface area contributed by atoms with Crippen LogP contribution in [0.3, 0.4) is 0 Å². The SMILES string of the molecule is NCC1COCC(=O)N1Cc1cccs1. The summed E-state index contributed by atoms with van der Waals surface area (Å²) in [5, 5.41) is 2.01. The van der Waals surface area contributed by atoms with E-state index in [9.17, 15) is 4.79 Å². The number of nitrogens with zero attached hydrogens (tertiary/aromatic N) is 1.